The Labute approximate surface area is 125 Å². The van der Waals surface area contributed by atoms with Gasteiger partial charge in [-0.15, -0.1) is 0 Å². The molecule has 20 heavy (non-hydrogen) atoms. The second-order valence-electron chi connectivity index (χ2n) is 5.71. The van der Waals surface area contributed by atoms with Crippen LogP contribution >= 0.6 is 0 Å². The van der Waals surface area contributed by atoms with Gasteiger partial charge in [0.2, 0.25) is 0 Å². The van der Waals surface area contributed by atoms with Gasteiger partial charge in [-0.25, -0.2) is 0 Å². The minimum absolute atomic E-state index is 0.501. The van der Waals surface area contributed by atoms with Gasteiger partial charge in [0.15, 0.2) is 0 Å². The van der Waals surface area contributed by atoms with Crippen molar-refractivity contribution in [2.45, 2.75) is 65.7 Å². The predicted molar refractivity (Wildman–Crippen MR) is 88.8 cm³/mol. The van der Waals surface area contributed by atoms with Crippen molar-refractivity contribution in [3.8, 4) is 5.75 Å². The van der Waals surface area contributed by atoms with Gasteiger partial charge in [-0.1, -0.05) is 52.0 Å². The van der Waals surface area contributed by atoms with Crippen LogP contribution in [0.25, 0.3) is 0 Å². The number of hydrogen-bond acceptors (Lipinski definition) is 1. The Hall–Kier alpha value is -1.24. The normalized spacial score (nSPS) is 13.1. The van der Waals surface area contributed by atoms with Crippen LogP contribution in [0.3, 0.4) is 0 Å². The summed E-state index contributed by atoms with van der Waals surface area (Å²) in [6, 6.07) is 6.76. The van der Waals surface area contributed by atoms with Crippen LogP contribution in [-0.2, 0) is 0 Å². The third-order valence-electron chi connectivity index (χ3n) is 3.74. The van der Waals surface area contributed by atoms with E-state index in [0.717, 1.165) is 25.2 Å². The van der Waals surface area contributed by atoms with Crippen molar-refractivity contribution in [3.05, 3.63) is 41.5 Å². The van der Waals surface area contributed by atoms with Crippen LogP contribution in [0.4, 0.5) is 0 Å². The molecule has 0 radical (unpaired) electrons. The number of rotatable bonds is 8. The van der Waals surface area contributed by atoms with Gasteiger partial charge in [0.05, 0.1) is 6.61 Å². The SMILES string of the molecule is C/C=C\CC(CC)c1ccc(OCCC)c(C(C)C)c1. The van der Waals surface area contributed by atoms with E-state index in [0.29, 0.717) is 11.8 Å². The lowest BCUT2D eigenvalue weighted by atomic mass is 9.89. The Balaban J connectivity index is 3.01. The summed E-state index contributed by atoms with van der Waals surface area (Å²) in [4.78, 5) is 0. The first-order chi connectivity index (χ1) is 9.63. The van der Waals surface area contributed by atoms with Gasteiger partial charge in [-0.05, 0) is 55.2 Å². The molecule has 0 aliphatic carbocycles. The van der Waals surface area contributed by atoms with Crippen LogP contribution in [0.5, 0.6) is 5.75 Å². The highest BCUT2D eigenvalue weighted by Gasteiger charge is 2.13. The lowest BCUT2D eigenvalue weighted by Gasteiger charge is -2.19. The van der Waals surface area contributed by atoms with Crippen LogP contribution < -0.4 is 4.74 Å². The van der Waals surface area contributed by atoms with Gasteiger partial charge in [0.1, 0.15) is 5.75 Å². The van der Waals surface area contributed by atoms with Crippen LogP contribution in [0.1, 0.15) is 76.8 Å². The van der Waals surface area contributed by atoms with Crippen LogP contribution in [0.15, 0.2) is 30.4 Å². The van der Waals surface area contributed by atoms with E-state index in [4.69, 9.17) is 4.74 Å². The fourth-order valence-electron chi connectivity index (χ4n) is 2.45. The second kappa shape index (κ2) is 8.84. The highest BCUT2D eigenvalue weighted by atomic mass is 16.5. The molecule has 1 aromatic rings. The lowest BCUT2D eigenvalue weighted by Crippen LogP contribution is -2.03. The predicted octanol–water partition coefficient (Wildman–Crippen LogP) is 6.06. The number of benzene rings is 1. The molecule has 0 saturated heterocycles. The Morgan fingerprint density at radius 2 is 1.95 bits per heavy atom. The van der Waals surface area contributed by atoms with Crippen molar-refractivity contribution >= 4 is 0 Å². The van der Waals surface area contributed by atoms with Crippen molar-refractivity contribution in [1.29, 1.82) is 0 Å². The summed E-state index contributed by atoms with van der Waals surface area (Å²) in [5.74, 6) is 2.18. The Kier molecular flexibility index (Phi) is 7.43. The fourth-order valence-corrected chi connectivity index (χ4v) is 2.45. The molecule has 0 heterocycles. The molecular formula is C19H30O. The maximum absolute atomic E-state index is 5.88. The molecular weight excluding hydrogens is 244 g/mol. The third-order valence-corrected chi connectivity index (χ3v) is 3.74. The zero-order valence-corrected chi connectivity index (χ0v) is 13.8. The molecule has 0 aromatic heterocycles. The van der Waals surface area contributed by atoms with Gasteiger partial charge in [-0.2, -0.15) is 0 Å². The summed E-state index contributed by atoms with van der Waals surface area (Å²) in [6.45, 7) is 11.8. The molecule has 0 aliphatic rings. The van der Waals surface area contributed by atoms with E-state index >= 15 is 0 Å². The summed E-state index contributed by atoms with van der Waals surface area (Å²) in [5.41, 5.74) is 2.79. The first-order valence-electron chi connectivity index (χ1n) is 8.01. The number of allylic oxidation sites excluding steroid dienone is 2. The molecule has 0 spiro atoms. The van der Waals surface area contributed by atoms with E-state index in [-0.39, 0.29) is 0 Å². The second-order valence-corrected chi connectivity index (χ2v) is 5.71. The molecule has 1 nitrogen and oxygen atoms in total. The highest BCUT2D eigenvalue weighted by molar-refractivity contribution is 5.40. The average molecular weight is 274 g/mol. The summed E-state index contributed by atoms with van der Waals surface area (Å²) < 4.78 is 5.88. The molecule has 1 aromatic carbocycles. The molecule has 0 bridgehead atoms. The molecule has 0 aliphatic heterocycles. The molecule has 0 amide bonds. The van der Waals surface area contributed by atoms with E-state index in [2.05, 4.69) is 65.0 Å². The Morgan fingerprint density at radius 1 is 1.20 bits per heavy atom. The number of ether oxygens (including phenoxy) is 1. The van der Waals surface area contributed by atoms with Gasteiger partial charge in [0.25, 0.3) is 0 Å². The molecule has 1 rings (SSSR count). The summed E-state index contributed by atoms with van der Waals surface area (Å²) in [7, 11) is 0. The Morgan fingerprint density at radius 3 is 2.50 bits per heavy atom. The standard InChI is InChI=1S/C19H30O/c1-6-9-10-16(8-3)17-11-12-19(20-13-7-2)18(14-17)15(4)5/h6,9,11-12,14-16H,7-8,10,13H2,1-5H3/b9-6-. The smallest absolute Gasteiger partial charge is 0.122 e. The van der Waals surface area contributed by atoms with Gasteiger partial charge >= 0.3 is 0 Å². The number of hydrogen-bond donors (Lipinski definition) is 0. The molecule has 112 valence electrons. The van der Waals surface area contributed by atoms with E-state index in [9.17, 15) is 0 Å². The topological polar surface area (TPSA) is 9.23 Å². The van der Waals surface area contributed by atoms with E-state index in [1.165, 1.54) is 17.5 Å². The molecule has 0 saturated carbocycles. The molecule has 0 N–H and O–H groups in total. The minimum atomic E-state index is 0.501. The van der Waals surface area contributed by atoms with Gasteiger partial charge in [0, 0.05) is 0 Å². The summed E-state index contributed by atoms with van der Waals surface area (Å²) >= 11 is 0. The van der Waals surface area contributed by atoms with Crippen molar-refractivity contribution in [2.24, 2.45) is 0 Å². The van der Waals surface area contributed by atoms with E-state index < -0.39 is 0 Å². The maximum Gasteiger partial charge on any atom is 0.122 e. The molecule has 1 atom stereocenters. The van der Waals surface area contributed by atoms with Gasteiger partial charge in [-0.3, -0.25) is 0 Å². The average Bonchev–Trinajstić information content (AvgIpc) is 2.46. The van der Waals surface area contributed by atoms with Crippen molar-refractivity contribution in [3.63, 3.8) is 0 Å². The molecule has 1 unspecified atom stereocenters. The zero-order valence-electron chi connectivity index (χ0n) is 13.8. The fraction of sp³-hybridized carbons (Fsp3) is 0.579. The van der Waals surface area contributed by atoms with E-state index in [1.54, 1.807) is 0 Å². The molecule has 1 heteroatoms. The van der Waals surface area contributed by atoms with E-state index in [1.807, 2.05) is 0 Å². The summed E-state index contributed by atoms with van der Waals surface area (Å²) in [6.07, 6.45) is 7.77. The maximum atomic E-state index is 5.88. The minimum Gasteiger partial charge on any atom is -0.493 e. The largest absolute Gasteiger partial charge is 0.493 e. The zero-order chi connectivity index (χ0) is 15.0. The van der Waals surface area contributed by atoms with Crippen molar-refractivity contribution < 1.29 is 4.74 Å². The first-order valence-corrected chi connectivity index (χ1v) is 8.01. The van der Waals surface area contributed by atoms with Crippen LogP contribution in [0, 0.1) is 0 Å². The van der Waals surface area contributed by atoms with Crippen LogP contribution in [-0.4, -0.2) is 6.61 Å². The van der Waals surface area contributed by atoms with Crippen molar-refractivity contribution in [2.75, 3.05) is 6.61 Å². The molecule has 0 fully saturated rings. The monoisotopic (exact) mass is 274 g/mol. The van der Waals surface area contributed by atoms with Crippen LogP contribution in [0.2, 0.25) is 0 Å². The van der Waals surface area contributed by atoms with Crippen molar-refractivity contribution in [1.82, 2.24) is 0 Å². The third kappa shape index (κ3) is 4.70. The highest BCUT2D eigenvalue weighted by Crippen LogP contribution is 2.32. The quantitative estimate of drug-likeness (QED) is 0.524. The lowest BCUT2D eigenvalue weighted by molar-refractivity contribution is 0.313. The first kappa shape index (κ1) is 16.8. The summed E-state index contributed by atoms with van der Waals surface area (Å²) in [5, 5.41) is 0. The van der Waals surface area contributed by atoms with Gasteiger partial charge < -0.3 is 4.74 Å². The Bertz CT molecular complexity index is 418.